The average molecular weight is 127 g/mol. The lowest BCUT2D eigenvalue weighted by molar-refractivity contribution is 0.673. The number of hydrogen-bond donors (Lipinski definition) is 0. The van der Waals surface area contributed by atoms with Gasteiger partial charge in [-0.2, -0.15) is 11.8 Å². The van der Waals surface area contributed by atoms with Crippen molar-refractivity contribution in [3.05, 3.63) is 5.92 Å². The Balaban J connectivity index is 1.86. The van der Waals surface area contributed by atoms with Crippen molar-refractivity contribution < 1.29 is 0 Å². The summed E-state index contributed by atoms with van der Waals surface area (Å²) in [6.07, 6.45) is 4.41. The van der Waals surface area contributed by atoms with Gasteiger partial charge in [-0.15, -0.1) is 0 Å². The normalized spacial score (nSPS) is 38.2. The third-order valence-corrected chi connectivity index (χ3v) is 3.21. The molecule has 1 atom stereocenters. The lowest BCUT2D eigenvalue weighted by Crippen LogP contribution is -1.96. The maximum atomic E-state index is 2.13. The highest BCUT2D eigenvalue weighted by molar-refractivity contribution is 7.99. The van der Waals surface area contributed by atoms with Crippen molar-refractivity contribution in [1.29, 1.82) is 0 Å². The summed E-state index contributed by atoms with van der Waals surface area (Å²) >= 11 is 2.13. The molecule has 1 unspecified atom stereocenters. The molecule has 0 aromatic carbocycles. The minimum Gasteiger partial charge on any atom is -0.162 e. The van der Waals surface area contributed by atoms with E-state index in [4.69, 9.17) is 0 Å². The molecule has 0 bridgehead atoms. The minimum absolute atomic E-state index is 1.06. The molecule has 1 aliphatic carbocycles. The Morgan fingerprint density at radius 3 is 2.75 bits per heavy atom. The molecule has 2 rings (SSSR count). The van der Waals surface area contributed by atoms with Crippen LogP contribution in [0.4, 0.5) is 0 Å². The molecule has 0 amide bonds. The predicted molar refractivity (Wildman–Crippen MR) is 37.9 cm³/mol. The summed E-state index contributed by atoms with van der Waals surface area (Å²) in [5.74, 6) is 5.79. The molecule has 45 valence electrons. The van der Waals surface area contributed by atoms with Crippen molar-refractivity contribution in [2.75, 3.05) is 11.5 Å². The van der Waals surface area contributed by atoms with E-state index in [2.05, 4.69) is 11.8 Å². The van der Waals surface area contributed by atoms with Crippen molar-refractivity contribution in [3.8, 4) is 0 Å². The Morgan fingerprint density at radius 2 is 2.25 bits per heavy atom. The van der Waals surface area contributed by atoms with Crippen LogP contribution in [0.3, 0.4) is 0 Å². The molecule has 2 aliphatic rings. The second kappa shape index (κ2) is 1.94. The van der Waals surface area contributed by atoms with E-state index in [-0.39, 0.29) is 0 Å². The van der Waals surface area contributed by atoms with Gasteiger partial charge in [0.2, 0.25) is 0 Å². The highest BCUT2D eigenvalue weighted by Gasteiger charge is 2.33. The molecule has 0 nitrogen and oxygen atoms in total. The zero-order chi connectivity index (χ0) is 5.40. The van der Waals surface area contributed by atoms with Gasteiger partial charge in [-0.05, 0) is 42.6 Å². The van der Waals surface area contributed by atoms with E-state index in [0.29, 0.717) is 0 Å². The lowest BCUT2D eigenvalue weighted by atomic mass is 10.0. The summed E-state index contributed by atoms with van der Waals surface area (Å²) < 4.78 is 0. The van der Waals surface area contributed by atoms with Gasteiger partial charge < -0.3 is 0 Å². The van der Waals surface area contributed by atoms with Crippen molar-refractivity contribution in [3.63, 3.8) is 0 Å². The van der Waals surface area contributed by atoms with Gasteiger partial charge in [0.15, 0.2) is 0 Å². The second-order valence-corrected chi connectivity index (χ2v) is 3.87. The molecule has 1 heterocycles. The maximum absolute atomic E-state index is 2.13. The standard InChI is InChI=1S/C7H11S/c1-2-6(1)7-3-4-8-5-7/h7H,1-5H2. The van der Waals surface area contributed by atoms with Crippen LogP contribution in [0.25, 0.3) is 0 Å². The molecular weight excluding hydrogens is 116 g/mol. The van der Waals surface area contributed by atoms with Crippen LogP contribution in [0.5, 0.6) is 0 Å². The maximum Gasteiger partial charge on any atom is -0.00333 e. The SMILES string of the molecule is C1CC([C]2CC2)CS1. The van der Waals surface area contributed by atoms with E-state index in [9.17, 15) is 0 Å². The summed E-state index contributed by atoms with van der Waals surface area (Å²) in [5.41, 5.74) is 0. The first-order valence-corrected chi connectivity index (χ1v) is 4.54. The molecule has 1 saturated heterocycles. The third kappa shape index (κ3) is 0.883. The average Bonchev–Trinajstić information content (AvgIpc) is 2.49. The summed E-state index contributed by atoms with van der Waals surface area (Å²) in [6.45, 7) is 0. The fraction of sp³-hybridized carbons (Fsp3) is 0.857. The van der Waals surface area contributed by atoms with Crippen LogP contribution in [0.2, 0.25) is 0 Å². The van der Waals surface area contributed by atoms with Crippen LogP contribution in [-0.4, -0.2) is 11.5 Å². The minimum atomic E-state index is 1.06. The number of hydrogen-bond acceptors (Lipinski definition) is 1. The summed E-state index contributed by atoms with van der Waals surface area (Å²) in [6, 6.07) is 0. The van der Waals surface area contributed by atoms with Crippen LogP contribution in [0.15, 0.2) is 0 Å². The Bertz CT molecular complexity index is 80.4. The third-order valence-electron chi connectivity index (χ3n) is 2.05. The molecule has 0 N–H and O–H groups in total. The van der Waals surface area contributed by atoms with E-state index in [1.165, 1.54) is 30.8 Å². The summed E-state index contributed by atoms with van der Waals surface area (Å²) in [7, 11) is 0. The van der Waals surface area contributed by atoms with Crippen LogP contribution < -0.4 is 0 Å². The molecule has 1 radical (unpaired) electrons. The predicted octanol–water partition coefficient (Wildman–Crippen LogP) is 2.11. The van der Waals surface area contributed by atoms with Gasteiger partial charge in [-0.1, -0.05) is 0 Å². The fourth-order valence-electron chi connectivity index (χ4n) is 1.34. The van der Waals surface area contributed by atoms with Gasteiger partial charge in [0, 0.05) is 0 Å². The van der Waals surface area contributed by atoms with Crippen molar-refractivity contribution >= 4 is 11.8 Å². The first kappa shape index (κ1) is 5.16. The first-order chi connectivity index (χ1) is 3.97. The highest BCUT2D eigenvalue weighted by atomic mass is 32.2. The van der Waals surface area contributed by atoms with E-state index < -0.39 is 0 Å². The molecule has 8 heavy (non-hydrogen) atoms. The van der Waals surface area contributed by atoms with Gasteiger partial charge in [-0.25, -0.2) is 0 Å². The fourth-order valence-corrected chi connectivity index (χ4v) is 2.64. The van der Waals surface area contributed by atoms with Crippen LogP contribution in [0.1, 0.15) is 19.3 Å². The van der Waals surface area contributed by atoms with E-state index in [1.54, 1.807) is 0 Å². The number of thioether (sulfide) groups is 1. The van der Waals surface area contributed by atoms with Crippen LogP contribution in [-0.2, 0) is 0 Å². The Hall–Kier alpha value is 0.350. The summed E-state index contributed by atoms with van der Waals surface area (Å²) in [4.78, 5) is 0. The molecule has 1 aliphatic heterocycles. The lowest BCUT2D eigenvalue weighted by Gasteiger charge is -2.01. The van der Waals surface area contributed by atoms with Gasteiger partial charge >= 0.3 is 0 Å². The van der Waals surface area contributed by atoms with Crippen molar-refractivity contribution in [2.45, 2.75) is 19.3 Å². The first-order valence-electron chi connectivity index (χ1n) is 3.39. The molecule has 2 fully saturated rings. The molecular formula is C7H11S. The molecule has 0 aromatic rings. The van der Waals surface area contributed by atoms with Gasteiger partial charge in [0.25, 0.3) is 0 Å². The number of rotatable bonds is 1. The largest absolute Gasteiger partial charge is 0.162 e. The highest BCUT2D eigenvalue weighted by Crippen LogP contribution is 2.45. The van der Waals surface area contributed by atoms with E-state index in [0.717, 1.165) is 5.92 Å². The Labute approximate surface area is 55.0 Å². The molecule has 1 saturated carbocycles. The quantitative estimate of drug-likeness (QED) is 0.520. The Morgan fingerprint density at radius 1 is 1.38 bits per heavy atom. The van der Waals surface area contributed by atoms with Gasteiger partial charge in [0.05, 0.1) is 0 Å². The molecule has 1 heteroatoms. The van der Waals surface area contributed by atoms with E-state index in [1.807, 2.05) is 5.92 Å². The summed E-state index contributed by atoms with van der Waals surface area (Å²) in [5, 5.41) is 0. The second-order valence-electron chi connectivity index (χ2n) is 2.72. The van der Waals surface area contributed by atoms with Crippen LogP contribution >= 0.6 is 11.8 Å². The Kier molecular flexibility index (Phi) is 1.25. The smallest absolute Gasteiger partial charge is 0.00333 e. The molecule has 0 aromatic heterocycles. The van der Waals surface area contributed by atoms with Gasteiger partial charge in [-0.3, -0.25) is 0 Å². The van der Waals surface area contributed by atoms with E-state index >= 15 is 0 Å². The zero-order valence-electron chi connectivity index (χ0n) is 5.02. The monoisotopic (exact) mass is 127 g/mol. The molecule has 0 spiro atoms. The zero-order valence-corrected chi connectivity index (χ0v) is 5.84. The van der Waals surface area contributed by atoms with Crippen molar-refractivity contribution in [1.82, 2.24) is 0 Å². The van der Waals surface area contributed by atoms with Gasteiger partial charge in [0.1, 0.15) is 0 Å². The van der Waals surface area contributed by atoms with Crippen molar-refractivity contribution in [2.24, 2.45) is 5.92 Å². The van der Waals surface area contributed by atoms with Crippen LogP contribution in [0, 0.1) is 11.8 Å². The topological polar surface area (TPSA) is 0 Å².